The Bertz CT molecular complexity index is 442. The van der Waals surface area contributed by atoms with Gasteiger partial charge in [-0.05, 0) is 43.8 Å². The molecule has 0 saturated carbocycles. The summed E-state index contributed by atoms with van der Waals surface area (Å²) >= 11 is 0. The highest BCUT2D eigenvalue weighted by Crippen LogP contribution is 2.10. The Morgan fingerprint density at radius 2 is 1.88 bits per heavy atom. The highest BCUT2D eigenvalue weighted by atomic mass is 19.1. The zero-order valence-electron chi connectivity index (χ0n) is 10.4. The van der Waals surface area contributed by atoms with Gasteiger partial charge in [0.25, 0.3) is 0 Å². The van der Waals surface area contributed by atoms with Gasteiger partial charge in [-0.2, -0.15) is 0 Å². The molecule has 1 aromatic carbocycles. The molecular weight excluding hydrogens is 215 g/mol. The molecule has 0 saturated heterocycles. The lowest BCUT2D eigenvalue weighted by atomic mass is 10.1. The average molecular weight is 232 g/mol. The topological polar surface area (TPSA) is 24.7 Å². The average Bonchev–Trinajstić information content (AvgIpc) is 2.31. The minimum Gasteiger partial charge on any atom is -0.245 e. The van der Waals surface area contributed by atoms with Gasteiger partial charge in [-0.25, -0.2) is 14.4 Å². The van der Waals surface area contributed by atoms with Crippen molar-refractivity contribution in [1.29, 1.82) is 0 Å². The maximum Gasteiger partial charge on any atom is 0.158 e. The summed E-state index contributed by atoms with van der Waals surface area (Å²) in [6, 6.07) is 6.05. The normalized spacial score (nSPS) is 13.0. The number of amidine groups is 1. The second kappa shape index (κ2) is 6.09. The highest BCUT2D eigenvalue weighted by molar-refractivity contribution is 6.01. The van der Waals surface area contributed by atoms with E-state index in [1.807, 2.05) is 6.92 Å². The lowest BCUT2D eigenvalue weighted by Gasteiger charge is -2.03. The van der Waals surface area contributed by atoms with Gasteiger partial charge in [0, 0.05) is 11.8 Å². The van der Waals surface area contributed by atoms with Gasteiger partial charge in [0.1, 0.15) is 5.82 Å². The first-order chi connectivity index (χ1) is 8.04. The van der Waals surface area contributed by atoms with Gasteiger partial charge in [-0.3, -0.25) is 0 Å². The van der Waals surface area contributed by atoms with Crippen molar-refractivity contribution in [3.63, 3.8) is 0 Å². The van der Waals surface area contributed by atoms with E-state index < -0.39 is 0 Å². The Morgan fingerprint density at radius 3 is 2.35 bits per heavy atom. The van der Waals surface area contributed by atoms with Gasteiger partial charge < -0.3 is 0 Å². The highest BCUT2D eigenvalue weighted by Gasteiger charge is 2.01. The number of hydrogen-bond acceptors (Lipinski definition) is 1. The Labute approximate surface area is 102 Å². The maximum atomic E-state index is 12.8. The fourth-order valence-electron chi connectivity index (χ4n) is 1.12. The van der Waals surface area contributed by atoms with Gasteiger partial charge in [0.15, 0.2) is 5.84 Å². The van der Waals surface area contributed by atoms with Crippen molar-refractivity contribution in [3.05, 3.63) is 47.4 Å². The maximum absolute atomic E-state index is 12.8. The number of allylic oxidation sites excluding steroid dienone is 1. The second-order valence-electron chi connectivity index (χ2n) is 4.15. The summed E-state index contributed by atoms with van der Waals surface area (Å²) in [6.07, 6.45) is 1.78. The molecule has 0 radical (unpaired) electrons. The third-order valence-corrected chi connectivity index (χ3v) is 2.55. The van der Waals surface area contributed by atoms with Crippen molar-refractivity contribution in [3.8, 4) is 0 Å². The molecule has 1 aromatic rings. The van der Waals surface area contributed by atoms with E-state index in [1.165, 1.54) is 12.1 Å². The minimum absolute atomic E-state index is 0.272. The Morgan fingerprint density at radius 1 is 1.29 bits per heavy atom. The van der Waals surface area contributed by atoms with Crippen LogP contribution < -0.4 is 0 Å². The first kappa shape index (κ1) is 13.3. The van der Waals surface area contributed by atoms with Gasteiger partial charge in [0.05, 0.1) is 0 Å². The van der Waals surface area contributed by atoms with E-state index in [0.717, 1.165) is 11.1 Å². The van der Waals surface area contributed by atoms with Crippen LogP contribution >= 0.6 is 0 Å². The lowest BCUT2D eigenvalue weighted by molar-refractivity contribution is 0.628. The van der Waals surface area contributed by atoms with Crippen molar-refractivity contribution < 1.29 is 4.39 Å². The van der Waals surface area contributed by atoms with Gasteiger partial charge in [-0.15, -0.1) is 0 Å². The molecule has 90 valence electrons. The van der Waals surface area contributed by atoms with Crippen LogP contribution in [0.3, 0.4) is 0 Å². The van der Waals surface area contributed by atoms with Crippen LogP contribution in [0.4, 0.5) is 4.39 Å². The van der Waals surface area contributed by atoms with Crippen molar-refractivity contribution >= 4 is 12.6 Å². The lowest BCUT2D eigenvalue weighted by Crippen LogP contribution is -1.96. The summed E-state index contributed by atoms with van der Waals surface area (Å²) in [4.78, 5) is 8.12. The van der Waals surface area contributed by atoms with Crippen LogP contribution in [0.25, 0.3) is 0 Å². The minimum atomic E-state index is -0.272. The second-order valence-corrected chi connectivity index (χ2v) is 4.15. The summed E-state index contributed by atoms with van der Waals surface area (Å²) < 4.78 is 12.8. The molecule has 0 aliphatic rings. The van der Waals surface area contributed by atoms with E-state index in [1.54, 1.807) is 18.3 Å². The Kier molecular flexibility index (Phi) is 4.76. The number of rotatable bonds is 3. The fraction of sp³-hybridized carbons (Fsp3) is 0.286. The van der Waals surface area contributed by atoms with Crippen LogP contribution in [0.5, 0.6) is 0 Å². The first-order valence-electron chi connectivity index (χ1n) is 5.51. The van der Waals surface area contributed by atoms with E-state index in [9.17, 15) is 4.39 Å². The quantitative estimate of drug-likeness (QED) is 0.559. The van der Waals surface area contributed by atoms with Crippen molar-refractivity contribution in [1.82, 2.24) is 0 Å². The molecule has 0 aromatic heterocycles. The molecule has 0 aliphatic carbocycles. The summed E-state index contributed by atoms with van der Waals surface area (Å²) in [7, 11) is 0. The van der Waals surface area contributed by atoms with Crippen LogP contribution in [0.1, 0.15) is 26.3 Å². The van der Waals surface area contributed by atoms with Crippen LogP contribution in [-0.2, 0) is 0 Å². The smallest absolute Gasteiger partial charge is 0.158 e. The first-order valence-corrected chi connectivity index (χ1v) is 5.51. The predicted molar refractivity (Wildman–Crippen MR) is 71.1 cm³/mol. The Balaban J connectivity index is 3.00. The van der Waals surface area contributed by atoms with E-state index >= 15 is 0 Å². The molecule has 0 N–H and O–H groups in total. The molecule has 0 spiro atoms. The number of benzene rings is 1. The van der Waals surface area contributed by atoms with E-state index in [-0.39, 0.29) is 5.82 Å². The number of hydrogen-bond donors (Lipinski definition) is 0. The van der Waals surface area contributed by atoms with E-state index in [0.29, 0.717) is 11.8 Å². The number of halogens is 1. The molecule has 0 aliphatic heterocycles. The molecule has 0 unspecified atom stereocenters. The van der Waals surface area contributed by atoms with Gasteiger partial charge in [-0.1, -0.05) is 19.4 Å². The summed E-state index contributed by atoms with van der Waals surface area (Å²) in [6.45, 7) is 9.69. The third-order valence-electron chi connectivity index (χ3n) is 2.55. The molecule has 2 nitrogen and oxygen atoms in total. The zero-order chi connectivity index (χ0) is 12.8. The van der Waals surface area contributed by atoms with E-state index in [2.05, 4.69) is 30.5 Å². The number of aliphatic imine (C=N–C) groups is 2. The van der Waals surface area contributed by atoms with Gasteiger partial charge >= 0.3 is 0 Å². The fourth-order valence-corrected chi connectivity index (χ4v) is 1.12. The van der Waals surface area contributed by atoms with Crippen molar-refractivity contribution in [2.75, 3.05) is 0 Å². The molecule has 0 heterocycles. The summed E-state index contributed by atoms with van der Waals surface area (Å²) in [5.41, 5.74) is 1.92. The molecule has 0 amide bonds. The summed E-state index contributed by atoms with van der Waals surface area (Å²) in [5.74, 6) is 0.675. The molecular formula is C14H17FN2. The van der Waals surface area contributed by atoms with Crippen molar-refractivity contribution in [2.24, 2.45) is 15.9 Å². The third kappa shape index (κ3) is 3.94. The number of nitrogens with zero attached hydrogens (tertiary/aromatic N) is 2. The predicted octanol–water partition coefficient (Wildman–Crippen LogP) is 3.83. The van der Waals surface area contributed by atoms with Crippen LogP contribution in [0.15, 0.2) is 46.0 Å². The summed E-state index contributed by atoms with van der Waals surface area (Å²) in [5, 5.41) is 0. The van der Waals surface area contributed by atoms with E-state index in [4.69, 9.17) is 0 Å². The van der Waals surface area contributed by atoms with Gasteiger partial charge in [0.2, 0.25) is 0 Å². The molecule has 0 atom stereocenters. The largest absolute Gasteiger partial charge is 0.245 e. The van der Waals surface area contributed by atoms with Crippen LogP contribution in [0, 0.1) is 11.7 Å². The monoisotopic (exact) mass is 232 g/mol. The Hall–Kier alpha value is -1.77. The van der Waals surface area contributed by atoms with Crippen LogP contribution in [-0.4, -0.2) is 12.6 Å². The van der Waals surface area contributed by atoms with Crippen LogP contribution in [0.2, 0.25) is 0 Å². The van der Waals surface area contributed by atoms with Crippen molar-refractivity contribution in [2.45, 2.75) is 20.8 Å². The molecule has 1 rings (SSSR count). The molecule has 0 bridgehead atoms. The molecule has 17 heavy (non-hydrogen) atoms. The molecule has 3 heteroatoms. The zero-order valence-corrected chi connectivity index (χ0v) is 10.4. The SMILES string of the molecule is C=NC(=N/C=C(\C)C(C)C)c1ccc(F)cc1. The molecule has 0 fully saturated rings. The standard InChI is InChI=1S/C14H17FN2/c1-10(2)11(3)9-17-14(16-4)12-5-7-13(15)8-6-12/h5-10H,4H2,1-3H3/b11-9+,17-14?.